The van der Waals surface area contributed by atoms with Crippen molar-refractivity contribution in [3.05, 3.63) is 41.2 Å². The Labute approximate surface area is 106 Å². The fourth-order valence-electron chi connectivity index (χ4n) is 1.43. The molecule has 2 rings (SSSR count). The summed E-state index contributed by atoms with van der Waals surface area (Å²) in [6, 6.07) is 7.97. The van der Waals surface area contributed by atoms with Gasteiger partial charge in [0.1, 0.15) is 0 Å². The Morgan fingerprint density at radius 2 is 2.24 bits per heavy atom. The van der Waals surface area contributed by atoms with Crippen LogP contribution in [-0.4, -0.2) is 21.0 Å². The minimum atomic E-state index is 0.436. The van der Waals surface area contributed by atoms with Gasteiger partial charge in [-0.05, 0) is 18.2 Å². The molecule has 0 aliphatic rings. The first-order valence-electron chi connectivity index (χ1n) is 5.55. The number of nitrogens with one attached hydrogen (secondary N) is 1. The van der Waals surface area contributed by atoms with Crippen LogP contribution in [-0.2, 0) is 6.54 Å². The average Bonchev–Trinajstić information content (AvgIpc) is 2.75. The van der Waals surface area contributed by atoms with E-state index in [0.717, 1.165) is 17.9 Å². The Kier molecular flexibility index (Phi) is 3.76. The lowest BCUT2D eigenvalue weighted by Gasteiger charge is -2.04. The highest BCUT2D eigenvalue weighted by molar-refractivity contribution is 6.30. The van der Waals surface area contributed by atoms with E-state index in [1.165, 1.54) is 0 Å². The quantitative estimate of drug-likeness (QED) is 0.906. The number of benzene rings is 1. The third-order valence-corrected chi connectivity index (χ3v) is 2.54. The van der Waals surface area contributed by atoms with Crippen LogP contribution >= 0.6 is 11.6 Å². The van der Waals surface area contributed by atoms with Gasteiger partial charge in [-0.2, -0.15) is 0 Å². The molecule has 0 fully saturated rings. The summed E-state index contributed by atoms with van der Waals surface area (Å²) in [6.45, 7) is 4.92. The zero-order chi connectivity index (χ0) is 12.3. The van der Waals surface area contributed by atoms with Crippen LogP contribution in [0.1, 0.15) is 19.5 Å². The lowest BCUT2D eigenvalue weighted by molar-refractivity contribution is 0.580. The summed E-state index contributed by atoms with van der Waals surface area (Å²) in [4.78, 5) is 0. The maximum atomic E-state index is 5.93. The molecule has 0 aliphatic heterocycles. The predicted molar refractivity (Wildman–Crippen MR) is 68.3 cm³/mol. The molecule has 0 radical (unpaired) electrons. The lowest BCUT2D eigenvalue weighted by atomic mass is 10.3. The van der Waals surface area contributed by atoms with Crippen LogP contribution in [0, 0.1) is 0 Å². The van der Waals surface area contributed by atoms with Crippen molar-refractivity contribution in [1.29, 1.82) is 0 Å². The predicted octanol–water partition coefficient (Wildman–Crippen LogP) is 2.42. The molecule has 1 heterocycles. The highest BCUT2D eigenvalue weighted by atomic mass is 35.5. The lowest BCUT2D eigenvalue weighted by Crippen LogP contribution is -2.21. The van der Waals surface area contributed by atoms with Crippen molar-refractivity contribution in [2.45, 2.75) is 26.4 Å². The van der Waals surface area contributed by atoms with Crippen molar-refractivity contribution < 1.29 is 0 Å². The molecule has 0 spiro atoms. The number of halogens is 1. The van der Waals surface area contributed by atoms with Gasteiger partial charge in [0.05, 0.1) is 17.6 Å². The Morgan fingerprint density at radius 3 is 2.94 bits per heavy atom. The summed E-state index contributed by atoms with van der Waals surface area (Å²) < 4.78 is 1.73. The molecule has 1 aromatic heterocycles. The van der Waals surface area contributed by atoms with Crippen molar-refractivity contribution in [3.8, 4) is 5.69 Å². The summed E-state index contributed by atoms with van der Waals surface area (Å²) >= 11 is 5.93. The van der Waals surface area contributed by atoms with E-state index in [9.17, 15) is 0 Å². The number of aromatic nitrogens is 3. The van der Waals surface area contributed by atoms with Crippen molar-refractivity contribution in [2.24, 2.45) is 0 Å². The molecule has 5 heteroatoms. The smallest absolute Gasteiger partial charge is 0.0969 e. The van der Waals surface area contributed by atoms with Gasteiger partial charge in [-0.1, -0.05) is 36.7 Å². The standard InChI is InChI=1S/C12H15ClN4/c1-9(2)14-7-11-8-17(16-15-11)12-5-3-4-10(13)6-12/h3-6,8-9,14H,7H2,1-2H3. The fraction of sp³-hybridized carbons (Fsp3) is 0.333. The van der Waals surface area contributed by atoms with Gasteiger partial charge in [0.2, 0.25) is 0 Å². The van der Waals surface area contributed by atoms with E-state index in [1.807, 2.05) is 30.5 Å². The molecule has 2 aromatic rings. The van der Waals surface area contributed by atoms with Crippen molar-refractivity contribution >= 4 is 11.6 Å². The van der Waals surface area contributed by atoms with Gasteiger partial charge in [0.15, 0.2) is 0 Å². The zero-order valence-corrected chi connectivity index (χ0v) is 10.6. The maximum Gasteiger partial charge on any atom is 0.0969 e. The number of nitrogens with zero attached hydrogens (tertiary/aromatic N) is 3. The Morgan fingerprint density at radius 1 is 1.41 bits per heavy atom. The van der Waals surface area contributed by atoms with E-state index in [0.29, 0.717) is 11.1 Å². The van der Waals surface area contributed by atoms with Gasteiger partial charge in [0, 0.05) is 17.6 Å². The normalized spacial score (nSPS) is 11.1. The molecular formula is C12H15ClN4. The molecule has 0 amide bonds. The maximum absolute atomic E-state index is 5.93. The second-order valence-corrected chi connectivity index (χ2v) is 4.61. The topological polar surface area (TPSA) is 42.7 Å². The molecule has 0 atom stereocenters. The summed E-state index contributed by atoms with van der Waals surface area (Å²) in [5.41, 5.74) is 1.83. The van der Waals surface area contributed by atoms with Crippen LogP contribution in [0.4, 0.5) is 0 Å². The van der Waals surface area contributed by atoms with Gasteiger partial charge in [-0.25, -0.2) is 4.68 Å². The van der Waals surface area contributed by atoms with Crippen molar-refractivity contribution in [3.63, 3.8) is 0 Å². The van der Waals surface area contributed by atoms with Crippen molar-refractivity contribution in [2.75, 3.05) is 0 Å². The minimum Gasteiger partial charge on any atom is -0.309 e. The van der Waals surface area contributed by atoms with Crippen LogP contribution in [0.5, 0.6) is 0 Å². The van der Waals surface area contributed by atoms with Gasteiger partial charge in [-0.15, -0.1) is 5.10 Å². The van der Waals surface area contributed by atoms with Gasteiger partial charge in [-0.3, -0.25) is 0 Å². The summed E-state index contributed by atoms with van der Waals surface area (Å²) in [5.74, 6) is 0. The van der Waals surface area contributed by atoms with Crippen molar-refractivity contribution in [1.82, 2.24) is 20.3 Å². The number of hydrogen-bond donors (Lipinski definition) is 1. The van der Waals surface area contributed by atoms with E-state index >= 15 is 0 Å². The summed E-state index contributed by atoms with van der Waals surface area (Å²) in [7, 11) is 0. The Bertz CT molecular complexity index is 493. The molecule has 0 saturated carbocycles. The van der Waals surface area contributed by atoms with E-state index < -0.39 is 0 Å². The van der Waals surface area contributed by atoms with Crippen LogP contribution in [0.3, 0.4) is 0 Å². The molecule has 90 valence electrons. The first-order valence-corrected chi connectivity index (χ1v) is 5.93. The zero-order valence-electron chi connectivity index (χ0n) is 9.89. The first kappa shape index (κ1) is 12.1. The molecule has 0 aliphatic carbocycles. The van der Waals surface area contributed by atoms with Gasteiger partial charge >= 0.3 is 0 Å². The molecule has 17 heavy (non-hydrogen) atoms. The fourth-order valence-corrected chi connectivity index (χ4v) is 1.62. The van der Waals surface area contributed by atoms with E-state index in [4.69, 9.17) is 11.6 Å². The van der Waals surface area contributed by atoms with E-state index in [-0.39, 0.29) is 0 Å². The molecule has 0 bridgehead atoms. The largest absolute Gasteiger partial charge is 0.309 e. The van der Waals surface area contributed by atoms with Crippen LogP contribution < -0.4 is 5.32 Å². The summed E-state index contributed by atoms with van der Waals surface area (Å²) in [5, 5.41) is 12.2. The van der Waals surface area contributed by atoms with E-state index in [1.54, 1.807) is 4.68 Å². The second kappa shape index (κ2) is 5.29. The monoisotopic (exact) mass is 250 g/mol. The Hall–Kier alpha value is -1.39. The third kappa shape index (κ3) is 3.28. The first-order chi connectivity index (χ1) is 8.15. The SMILES string of the molecule is CC(C)NCc1cn(-c2cccc(Cl)c2)nn1. The highest BCUT2D eigenvalue weighted by Gasteiger charge is 2.03. The van der Waals surface area contributed by atoms with Crippen LogP contribution in [0.25, 0.3) is 5.69 Å². The molecule has 0 unspecified atom stereocenters. The number of rotatable bonds is 4. The molecule has 1 aromatic carbocycles. The molecule has 1 N–H and O–H groups in total. The van der Waals surface area contributed by atoms with Crippen LogP contribution in [0.2, 0.25) is 5.02 Å². The Balaban J connectivity index is 2.12. The second-order valence-electron chi connectivity index (χ2n) is 4.17. The highest BCUT2D eigenvalue weighted by Crippen LogP contribution is 2.13. The molecular weight excluding hydrogens is 236 g/mol. The minimum absolute atomic E-state index is 0.436. The van der Waals surface area contributed by atoms with E-state index in [2.05, 4.69) is 29.5 Å². The average molecular weight is 251 g/mol. The van der Waals surface area contributed by atoms with Gasteiger partial charge in [0.25, 0.3) is 0 Å². The molecule has 4 nitrogen and oxygen atoms in total. The molecule has 0 saturated heterocycles. The third-order valence-electron chi connectivity index (χ3n) is 2.31. The van der Waals surface area contributed by atoms with Gasteiger partial charge < -0.3 is 5.32 Å². The van der Waals surface area contributed by atoms with Crippen LogP contribution in [0.15, 0.2) is 30.5 Å². The number of hydrogen-bond acceptors (Lipinski definition) is 3. The summed E-state index contributed by atoms with van der Waals surface area (Å²) in [6.07, 6.45) is 1.90.